The van der Waals surface area contributed by atoms with E-state index in [4.69, 9.17) is 23.7 Å². The van der Waals surface area contributed by atoms with Crippen molar-refractivity contribution in [3.63, 3.8) is 0 Å². The molecule has 9 aromatic rings. The highest BCUT2D eigenvalue weighted by Gasteiger charge is 2.44. The van der Waals surface area contributed by atoms with Crippen molar-refractivity contribution in [2.75, 3.05) is 61.6 Å². The van der Waals surface area contributed by atoms with Crippen LogP contribution < -0.4 is 9.47 Å². The zero-order valence-corrected chi connectivity index (χ0v) is 80.1. The number of ether oxygens (including phenoxy) is 5. The number of esters is 3. The smallest absolute Gasteiger partial charge is 0.312 e. The number of carbonyl (C=O) groups excluding carboxylic acids is 3. The number of methoxy groups -OCH3 is 1. The third kappa shape index (κ3) is 36.0. The van der Waals surface area contributed by atoms with Crippen molar-refractivity contribution in [2.45, 2.75) is 291 Å². The SMILES string of the molecule is CCC(C)(CC(C)(C)C(=O)OCCN(C)C)C(=O)OC1CCCCC1.CCC(CC(C)(C)C(=O)OCCN(C)C)c1ccccc1.CCC(CC(C)(CC(C)c1ccncc1)c1ccccc1)c1ccc(OC(C)(C)C)cc1.CCC(CC(C)c1ccccn1)c1ccccc1.CCC(CC(CC(C)c1ccncc1)c1ccc(OC)cc1)c1ccccc1. The van der Waals surface area contributed by atoms with E-state index in [1.54, 1.807) is 7.11 Å². The second-order valence-corrected chi connectivity index (χ2v) is 38.1. The van der Waals surface area contributed by atoms with Gasteiger partial charge in [0, 0.05) is 49.8 Å². The van der Waals surface area contributed by atoms with Gasteiger partial charge in [-0.25, -0.2) is 0 Å². The van der Waals surface area contributed by atoms with Gasteiger partial charge in [-0.3, -0.25) is 29.3 Å². The molecular weight excluding hydrogens is 1530 g/mol. The Bertz CT molecular complexity index is 4350. The Morgan fingerprint density at radius 2 is 0.815 bits per heavy atom. The van der Waals surface area contributed by atoms with Crippen LogP contribution in [0.25, 0.3) is 0 Å². The van der Waals surface area contributed by atoms with Crippen molar-refractivity contribution < 1.29 is 38.1 Å². The number of hydrogen-bond donors (Lipinski definition) is 0. The first-order chi connectivity index (χ1) is 59.2. The summed E-state index contributed by atoms with van der Waals surface area (Å²) in [5, 5.41) is 0. The molecule has 1 saturated carbocycles. The van der Waals surface area contributed by atoms with Gasteiger partial charge in [0.25, 0.3) is 0 Å². The molecule has 10 rings (SSSR count). The molecule has 1 aliphatic carbocycles. The van der Waals surface area contributed by atoms with Crippen molar-refractivity contribution >= 4 is 17.9 Å². The molecule has 10 atom stereocenters. The molecule has 0 aliphatic heterocycles. The van der Waals surface area contributed by atoms with Crippen molar-refractivity contribution in [2.24, 2.45) is 16.2 Å². The van der Waals surface area contributed by atoms with Gasteiger partial charge < -0.3 is 33.5 Å². The number of benzene rings is 6. The second-order valence-electron chi connectivity index (χ2n) is 38.1. The third-order valence-electron chi connectivity index (χ3n) is 25.0. The van der Waals surface area contributed by atoms with Crippen molar-refractivity contribution in [1.82, 2.24) is 24.8 Å². The van der Waals surface area contributed by atoms with Crippen LogP contribution in [0, 0.1) is 16.2 Å². The molecule has 0 saturated heterocycles. The fourth-order valence-corrected chi connectivity index (χ4v) is 17.3. The number of rotatable bonds is 40. The van der Waals surface area contributed by atoms with Gasteiger partial charge in [-0.1, -0.05) is 220 Å². The van der Waals surface area contributed by atoms with E-state index in [9.17, 15) is 14.4 Å². The van der Waals surface area contributed by atoms with E-state index >= 15 is 0 Å². The van der Waals surface area contributed by atoms with Gasteiger partial charge in [0.1, 0.15) is 36.4 Å². The summed E-state index contributed by atoms with van der Waals surface area (Å²) < 4.78 is 28.0. The molecule has 124 heavy (non-hydrogen) atoms. The monoisotopic (exact) mass is 1690 g/mol. The second kappa shape index (κ2) is 53.2. The van der Waals surface area contributed by atoms with E-state index in [1.165, 1.54) is 63.0 Å². The molecule has 13 nitrogen and oxygen atoms in total. The Kier molecular flexibility index (Phi) is 44.4. The number of nitrogens with zero attached hydrogens (tertiary/aromatic N) is 5. The van der Waals surface area contributed by atoms with E-state index in [2.05, 4.69) is 291 Å². The lowest BCUT2D eigenvalue weighted by atomic mass is 9.68. The Morgan fingerprint density at radius 3 is 1.26 bits per heavy atom. The maximum Gasteiger partial charge on any atom is 0.312 e. The summed E-state index contributed by atoms with van der Waals surface area (Å²) >= 11 is 0. The molecule has 3 heterocycles. The molecule has 1 aliphatic rings. The van der Waals surface area contributed by atoms with Gasteiger partial charge in [-0.2, -0.15) is 0 Å². The van der Waals surface area contributed by atoms with Gasteiger partial charge in [0.2, 0.25) is 0 Å². The molecule has 1 fully saturated rings. The van der Waals surface area contributed by atoms with Gasteiger partial charge in [0.15, 0.2) is 0 Å². The molecule has 13 heteroatoms. The average Bonchev–Trinajstić information content (AvgIpc) is 0.802. The average molecular weight is 1690 g/mol. The fourth-order valence-electron chi connectivity index (χ4n) is 17.3. The summed E-state index contributed by atoms with van der Waals surface area (Å²) in [4.78, 5) is 54.4. The van der Waals surface area contributed by atoms with Crippen LogP contribution in [0.3, 0.4) is 0 Å². The Balaban J connectivity index is 0.000000243. The number of hydrogen-bond acceptors (Lipinski definition) is 13. The molecule has 0 radical (unpaired) electrons. The van der Waals surface area contributed by atoms with Crippen LogP contribution in [-0.2, 0) is 34.0 Å². The van der Waals surface area contributed by atoms with Crippen LogP contribution >= 0.6 is 0 Å². The topological polar surface area (TPSA) is 143 Å². The summed E-state index contributed by atoms with van der Waals surface area (Å²) in [7, 11) is 9.55. The summed E-state index contributed by atoms with van der Waals surface area (Å²) in [6.07, 6.45) is 27.0. The minimum Gasteiger partial charge on any atom is -0.497 e. The summed E-state index contributed by atoms with van der Waals surface area (Å²) in [6.45, 7) is 38.5. The van der Waals surface area contributed by atoms with E-state index in [0.717, 1.165) is 102 Å². The lowest BCUT2D eigenvalue weighted by Gasteiger charge is -2.36. The molecule has 0 amide bonds. The zero-order chi connectivity index (χ0) is 90.7. The highest BCUT2D eigenvalue weighted by atomic mass is 16.5. The first-order valence-electron chi connectivity index (χ1n) is 46.4. The van der Waals surface area contributed by atoms with E-state index in [0.29, 0.717) is 79.9 Å². The lowest BCUT2D eigenvalue weighted by molar-refractivity contribution is -0.168. The molecule has 6 aromatic carbocycles. The van der Waals surface area contributed by atoms with Crippen molar-refractivity contribution in [3.05, 3.63) is 294 Å². The van der Waals surface area contributed by atoms with E-state index < -0.39 is 16.2 Å². The Labute approximate surface area is 750 Å². The van der Waals surface area contributed by atoms with Gasteiger partial charge in [0.05, 0.1) is 23.4 Å². The lowest BCUT2D eigenvalue weighted by Crippen LogP contribution is -2.40. The summed E-state index contributed by atoms with van der Waals surface area (Å²) in [5.74, 6) is 5.38. The van der Waals surface area contributed by atoms with E-state index in [-0.39, 0.29) is 35.0 Å². The first kappa shape index (κ1) is 103. The molecule has 0 spiro atoms. The van der Waals surface area contributed by atoms with Crippen LogP contribution in [0.5, 0.6) is 11.5 Å². The van der Waals surface area contributed by atoms with Crippen LogP contribution in [0.4, 0.5) is 0 Å². The quantitative estimate of drug-likeness (QED) is 0.0266. The van der Waals surface area contributed by atoms with Gasteiger partial charge in [-0.15, -0.1) is 0 Å². The number of aromatic nitrogens is 3. The highest BCUT2D eigenvalue weighted by Crippen LogP contribution is 2.46. The van der Waals surface area contributed by atoms with Crippen molar-refractivity contribution in [1.29, 1.82) is 0 Å². The number of likely N-dealkylation sites (N-methyl/N-ethyl adjacent to an activating group) is 2. The van der Waals surface area contributed by atoms with E-state index in [1.807, 2.05) is 123 Å². The van der Waals surface area contributed by atoms with Crippen LogP contribution in [-0.4, -0.2) is 116 Å². The molecule has 0 N–H and O–H groups in total. The maximum absolute atomic E-state index is 12.8. The summed E-state index contributed by atoms with van der Waals surface area (Å²) in [5.41, 5.74) is 10.4. The molecule has 10 unspecified atom stereocenters. The Hall–Kier alpha value is -9.30. The third-order valence-corrected chi connectivity index (χ3v) is 25.0. The number of carbonyl (C=O) groups is 3. The minimum atomic E-state index is -0.720. The summed E-state index contributed by atoms with van der Waals surface area (Å²) in [6, 6.07) is 75.4. The number of pyridine rings is 3. The largest absolute Gasteiger partial charge is 0.497 e. The first-order valence-corrected chi connectivity index (χ1v) is 46.4. The standard InChI is InChI=1S/C30H39NO.C26H31NO.C20H37NO4.C18H29NO2.C17H21N/c1-7-24(26-13-15-28(16-14-26)32-29(3,4)5)22-30(6,27-11-9-8-10-12-27)21-23(2)25-17-19-31-20-18-25;1-4-21(23-8-6-5-7-9-23)19-25(24-10-12-26(28-3)13-11-24)18-20(2)22-14-16-27-17-15-22;1-7-20(4,18(23)25-16-11-9-8-10-12-16)15-19(2,3)17(22)24-14-13-21(5)6;1-6-15(16-10-8-7-9-11-16)14-18(2,3)17(20)21-13-12-19(4)5;1-3-15(16-9-5-4-6-10-16)13-14(2)17-11-7-8-12-18-17/h8-20,23-24H,7,21-22H2,1-6H3;5-17,20-21,25H,4,18-19H2,1-3H3;16H,7-15H2,1-6H3;7-11,15H,6,12-14H2,1-5H3;4-12,14-15H,3,13H2,1-2H3. The van der Waals surface area contributed by atoms with Gasteiger partial charge >= 0.3 is 17.9 Å². The zero-order valence-electron chi connectivity index (χ0n) is 80.1. The van der Waals surface area contributed by atoms with Crippen LogP contribution in [0.1, 0.15) is 324 Å². The van der Waals surface area contributed by atoms with Crippen LogP contribution in [0.2, 0.25) is 0 Å². The molecule has 0 bridgehead atoms. The fraction of sp³-hybridized carbons (Fsp3) is 0.514. The Morgan fingerprint density at radius 1 is 0.403 bits per heavy atom. The van der Waals surface area contributed by atoms with Gasteiger partial charge in [-0.05, 0) is 344 Å². The minimum absolute atomic E-state index is 0.0438. The van der Waals surface area contributed by atoms with Crippen molar-refractivity contribution in [3.8, 4) is 11.5 Å². The molecule has 3 aromatic heterocycles. The normalized spacial score (nSPS) is 15.3. The predicted octanol–water partition coefficient (Wildman–Crippen LogP) is 27.5. The molecular formula is C111H157N5O8. The van der Waals surface area contributed by atoms with Crippen LogP contribution in [0.15, 0.2) is 243 Å². The molecule has 674 valence electrons. The maximum atomic E-state index is 12.8. The highest BCUT2D eigenvalue weighted by molar-refractivity contribution is 5.80. The predicted molar refractivity (Wildman–Crippen MR) is 516 cm³/mol.